The predicted molar refractivity (Wildman–Crippen MR) is 158 cm³/mol. The second kappa shape index (κ2) is 10.7. The lowest BCUT2D eigenvalue weighted by Gasteiger charge is -2.50. The number of halogens is 3. The van der Waals surface area contributed by atoms with Crippen molar-refractivity contribution in [2.45, 2.75) is 100 Å². The van der Waals surface area contributed by atoms with Crippen LogP contribution in [0, 0.1) is 11.2 Å². The van der Waals surface area contributed by atoms with Gasteiger partial charge in [0.05, 0.1) is 35.9 Å². The van der Waals surface area contributed by atoms with E-state index in [9.17, 15) is 14.7 Å². The number of hydrogen-bond acceptors (Lipinski definition) is 6. The lowest BCUT2D eigenvalue weighted by atomic mass is 9.53. The third-order valence-electron chi connectivity index (χ3n) is 10.1. The van der Waals surface area contributed by atoms with E-state index in [2.05, 4.69) is 34.8 Å². The summed E-state index contributed by atoms with van der Waals surface area (Å²) in [4.78, 5) is 33.1. The van der Waals surface area contributed by atoms with Crippen molar-refractivity contribution < 1.29 is 23.8 Å². The summed E-state index contributed by atoms with van der Waals surface area (Å²) in [6, 6.07) is 5.10. The zero-order valence-corrected chi connectivity index (χ0v) is 25.5. The predicted octanol–water partition coefficient (Wildman–Crippen LogP) is 4.86. The molecular weight excluding hydrogens is 582 g/mol. The zero-order chi connectivity index (χ0) is 30.0. The monoisotopic (exact) mass is 618 g/mol. The molecular formula is C31H37Cl2FN4O4. The number of ether oxygens (including phenoxy) is 1. The summed E-state index contributed by atoms with van der Waals surface area (Å²) in [6.45, 7) is 6.34. The van der Waals surface area contributed by atoms with Gasteiger partial charge in [0.15, 0.2) is 0 Å². The average Bonchev–Trinajstić information content (AvgIpc) is 3.40. The fourth-order valence-electron chi connectivity index (χ4n) is 7.86. The Hall–Kier alpha value is -2.30. The first kappa shape index (κ1) is 29.8. The summed E-state index contributed by atoms with van der Waals surface area (Å²) in [5.41, 5.74) is -0.862. The molecule has 1 aromatic heterocycles. The normalized spacial score (nSPS) is 32.0. The van der Waals surface area contributed by atoms with E-state index in [1.165, 1.54) is 6.07 Å². The van der Waals surface area contributed by atoms with Crippen LogP contribution in [0.4, 0.5) is 10.1 Å². The molecule has 3 fully saturated rings. The van der Waals surface area contributed by atoms with E-state index < -0.39 is 34.8 Å². The minimum absolute atomic E-state index is 0.0429. The molecule has 2 saturated heterocycles. The Bertz CT molecular complexity index is 1400. The summed E-state index contributed by atoms with van der Waals surface area (Å²) in [5, 5.41) is 19.9. The van der Waals surface area contributed by atoms with Crippen molar-refractivity contribution in [3.63, 3.8) is 0 Å². The molecule has 6 atom stereocenters. The number of aromatic nitrogens is 1. The Morgan fingerprint density at radius 3 is 2.62 bits per heavy atom. The molecule has 2 aromatic rings. The Kier molecular flexibility index (Phi) is 7.58. The number of anilines is 1. The van der Waals surface area contributed by atoms with Crippen LogP contribution in [0.5, 0.6) is 0 Å². The first-order valence-corrected chi connectivity index (χ1v) is 15.4. The van der Waals surface area contributed by atoms with E-state index in [1.807, 2.05) is 0 Å². The van der Waals surface area contributed by atoms with Crippen LogP contribution in [0.1, 0.15) is 76.3 Å². The Morgan fingerprint density at radius 2 is 1.95 bits per heavy atom. The number of pyridine rings is 1. The van der Waals surface area contributed by atoms with Gasteiger partial charge >= 0.3 is 0 Å². The molecule has 2 spiro atoms. The Labute approximate surface area is 255 Å². The maximum atomic E-state index is 16.0. The maximum Gasteiger partial charge on any atom is 0.238 e. The summed E-state index contributed by atoms with van der Waals surface area (Å²) in [6.07, 6.45) is 4.74. The van der Waals surface area contributed by atoms with E-state index in [1.54, 1.807) is 31.3 Å². The van der Waals surface area contributed by atoms with Crippen molar-refractivity contribution in [1.29, 1.82) is 0 Å². The molecule has 1 aliphatic carbocycles. The van der Waals surface area contributed by atoms with E-state index in [-0.39, 0.29) is 51.7 Å². The largest absolute Gasteiger partial charge is 0.391 e. The minimum atomic E-state index is -1.36. The summed E-state index contributed by atoms with van der Waals surface area (Å²) in [5.74, 6) is -2.24. The van der Waals surface area contributed by atoms with Crippen LogP contribution in [0.2, 0.25) is 10.2 Å². The van der Waals surface area contributed by atoms with Crippen molar-refractivity contribution in [2.24, 2.45) is 5.41 Å². The van der Waals surface area contributed by atoms with Gasteiger partial charge < -0.3 is 20.5 Å². The molecule has 0 bridgehead atoms. The lowest BCUT2D eigenvalue weighted by Crippen LogP contribution is -2.61. The Balaban J connectivity index is 1.49. The quantitative estimate of drug-likeness (QED) is 0.364. The first-order valence-electron chi connectivity index (χ1n) is 14.7. The van der Waals surface area contributed by atoms with E-state index >= 15 is 4.39 Å². The van der Waals surface area contributed by atoms with Gasteiger partial charge in [0.2, 0.25) is 11.8 Å². The van der Waals surface area contributed by atoms with Crippen molar-refractivity contribution in [3.05, 3.63) is 57.6 Å². The fourth-order valence-corrected chi connectivity index (χ4v) is 8.20. The van der Waals surface area contributed by atoms with E-state index in [0.29, 0.717) is 36.9 Å². The molecule has 6 rings (SSSR count). The summed E-state index contributed by atoms with van der Waals surface area (Å²) < 4.78 is 21.9. The number of hydrogen-bond donors (Lipinski definition) is 4. The number of carbonyl (C=O) groups excluding carboxylic acids is 2. The molecule has 1 saturated carbocycles. The molecule has 4 heterocycles. The van der Waals surface area contributed by atoms with Gasteiger partial charge in [-0.25, -0.2) is 9.37 Å². The number of aliphatic hydroxyl groups excluding tert-OH is 1. The van der Waals surface area contributed by atoms with Crippen LogP contribution < -0.4 is 16.0 Å². The number of rotatable bonds is 4. The van der Waals surface area contributed by atoms with E-state index in [0.717, 1.165) is 12.8 Å². The zero-order valence-electron chi connectivity index (χ0n) is 24.0. The van der Waals surface area contributed by atoms with Gasteiger partial charge in [-0.05, 0) is 68.6 Å². The molecule has 0 radical (unpaired) electrons. The van der Waals surface area contributed by atoms with Crippen LogP contribution in [-0.2, 0) is 19.7 Å². The van der Waals surface area contributed by atoms with Crippen molar-refractivity contribution >= 4 is 40.7 Å². The van der Waals surface area contributed by atoms with Crippen molar-refractivity contribution in [1.82, 2.24) is 15.6 Å². The molecule has 226 valence electrons. The third kappa shape index (κ3) is 4.63. The molecule has 42 heavy (non-hydrogen) atoms. The standard InChI is InChI=1S/C31H37Cl2FN4O4/c1-16(39)22-8-7-17(15-42-22)36-27(40)26-24(18-5-4-6-20(32)25(18)34)31(30(38-26)11-9-29(2,3)10-12-30)19-14-35-23(33)13-21(19)37-28(31)41/h4-6,13-14,16-17,22,24,26,38-39H,7-12,15H2,1-3H3,(H,36,40)(H,37,41)/t16-,17-,22+,24+,26-,31-/m1/s1. The van der Waals surface area contributed by atoms with Gasteiger partial charge in [0.1, 0.15) is 16.4 Å². The van der Waals surface area contributed by atoms with Crippen LogP contribution in [0.15, 0.2) is 30.5 Å². The smallest absolute Gasteiger partial charge is 0.238 e. The fraction of sp³-hybridized carbons (Fsp3) is 0.581. The molecule has 4 aliphatic rings. The molecule has 0 unspecified atom stereocenters. The molecule has 1 aromatic carbocycles. The number of carbonyl (C=O) groups is 2. The van der Waals surface area contributed by atoms with Gasteiger partial charge in [-0.1, -0.05) is 49.2 Å². The molecule has 8 nitrogen and oxygen atoms in total. The van der Waals surface area contributed by atoms with Gasteiger partial charge in [-0.15, -0.1) is 0 Å². The van der Waals surface area contributed by atoms with E-state index in [4.69, 9.17) is 27.9 Å². The summed E-state index contributed by atoms with van der Waals surface area (Å²) >= 11 is 12.6. The highest BCUT2D eigenvalue weighted by molar-refractivity contribution is 6.31. The van der Waals surface area contributed by atoms with Gasteiger partial charge in [0.25, 0.3) is 0 Å². The summed E-state index contributed by atoms with van der Waals surface area (Å²) in [7, 11) is 0. The molecule has 3 aliphatic heterocycles. The number of nitrogens with zero attached hydrogens (tertiary/aromatic N) is 1. The van der Waals surface area contributed by atoms with Crippen molar-refractivity contribution in [2.75, 3.05) is 11.9 Å². The minimum Gasteiger partial charge on any atom is -0.391 e. The highest BCUT2D eigenvalue weighted by Gasteiger charge is 2.73. The van der Waals surface area contributed by atoms with Gasteiger partial charge in [-0.2, -0.15) is 0 Å². The number of benzene rings is 1. The highest BCUT2D eigenvalue weighted by Crippen LogP contribution is 2.63. The Morgan fingerprint density at radius 1 is 1.21 bits per heavy atom. The number of nitrogens with one attached hydrogen (secondary N) is 3. The molecule has 4 N–H and O–H groups in total. The van der Waals surface area contributed by atoms with Crippen LogP contribution in [0.25, 0.3) is 0 Å². The second-order valence-electron chi connectivity index (χ2n) is 13.2. The van der Waals surface area contributed by atoms with Crippen LogP contribution >= 0.6 is 23.2 Å². The van der Waals surface area contributed by atoms with Crippen LogP contribution in [0.3, 0.4) is 0 Å². The average molecular weight is 620 g/mol. The van der Waals surface area contributed by atoms with Gasteiger partial charge in [-0.3, -0.25) is 14.9 Å². The highest BCUT2D eigenvalue weighted by atomic mass is 35.5. The maximum absolute atomic E-state index is 16.0. The lowest BCUT2D eigenvalue weighted by molar-refractivity contribution is -0.126. The molecule has 2 amide bonds. The van der Waals surface area contributed by atoms with Crippen molar-refractivity contribution in [3.8, 4) is 0 Å². The third-order valence-corrected chi connectivity index (χ3v) is 10.6. The first-order chi connectivity index (χ1) is 19.9. The second-order valence-corrected chi connectivity index (χ2v) is 14.0. The topological polar surface area (TPSA) is 113 Å². The molecule has 11 heteroatoms. The van der Waals surface area contributed by atoms with Crippen LogP contribution in [-0.4, -0.2) is 58.3 Å². The SMILES string of the molecule is C[C@@H](O)[C@@H]1CC[C@@H](NC(=O)[C@@H]2NC3(CCC(C)(C)CC3)[C@@]3(C(=O)Nc4cc(Cl)ncc43)[C@H]2c2cccc(Cl)c2F)CO1. The van der Waals surface area contributed by atoms with Gasteiger partial charge in [0, 0.05) is 28.9 Å². The number of aliphatic hydroxyl groups is 1. The number of fused-ring (bicyclic) bond motifs is 3. The number of amides is 2.